The number of hydrogen-bond donors (Lipinski definition) is 0. The van der Waals surface area contributed by atoms with E-state index in [-0.39, 0.29) is 31.1 Å². The first-order valence-corrected chi connectivity index (χ1v) is 28.0. The number of carbonyl (C=O) groups is 3. The van der Waals surface area contributed by atoms with Gasteiger partial charge in [0.05, 0.1) is 0 Å². The summed E-state index contributed by atoms with van der Waals surface area (Å²) in [7, 11) is 0. The van der Waals surface area contributed by atoms with Crippen LogP contribution in [0.5, 0.6) is 0 Å². The van der Waals surface area contributed by atoms with Gasteiger partial charge in [-0.1, -0.05) is 243 Å². The Morgan fingerprint density at radius 2 is 0.578 bits per heavy atom. The van der Waals surface area contributed by atoms with Crippen molar-refractivity contribution in [2.24, 2.45) is 0 Å². The first kappa shape index (κ1) is 61.6. The Hall–Kier alpha value is -2.37. The van der Waals surface area contributed by atoms with Gasteiger partial charge in [0.15, 0.2) is 6.10 Å². The standard InChI is InChI=1S/C58H106O6/c1-4-7-10-13-16-18-20-22-24-25-26-27-28-29-30-31-32-33-34-36-37-39-42-45-48-51-57(60)63-54-55(53-62-56(59)50-47-44-41-15-12-9-6-3)64-58(61)52-49-46-43-40-38-35-23-21-19-17-14-11-8-5-2/h14,17,21,23,25-26,55H,4-13,15-16,18-20,22,24,27-54H2,1-3H3/b17-14-,23-21-,26-25-. The number of rotatable bonds is 51. The van der Waals surface area contributed by atoms with E-state index in [2.05, 4.69) is 57.2 Å². The first-order valence-electron chi connectivity index (χ1n) is 28.0. The Kier molecular flexibility index (Phi) is 51.3. The van der Waals surface area contributed by atoms with E-state index in [0.717, 1.165) is 83.5 Å². The molecule has 1 unspecified atom stereocenters. The molecule has 6 heteroatoms. The molecule has 0 aliphatic rings. The van der Waals surface area contributed by atoms with Gasteiger partial charge in [0.25, 0.3) is 0 Å². The fourth-order valence-electron chi connectivity index (χ4n) is 8.10. The van der Waals surface area contributed by atoms with Crippen LogP contribution < -0.4 is 0 Å². The van der Waals surface area contributed by atoms with Crippen molar-refractivity contribution in [3.63, 3.8) is 0 Å². The predicted molar refractivity (Wildman–Crippen MR) is 275 cm³/mol. The van der Waals surface area contributed by atoms with Crippen LogP contribution in [0.1, 0.15) is 297 Å². The lowest BCUT2D eigenvalue weighted by atomic mass is 10.0. The van der Waals surface area contributed by atoms with Crippen molar-refractivity contribution in [2.75, 3.05) is 13.2 Å². The number of hydrogen-bond acceptors (Lipinski definition) is 6. The maximum atomic E-state index is 12.8. The third kappa shape index (κ3) is 50.6. The quantitative estimate of drug-likeness (QED) is 0.0262. The van der Waals surface area contributed by atoms with Crippen LogP contribution in [0.2, 0.25) is 0 Å². The molecule has 0 amide bonds. The molecule has 0 aromatic rings. The molecule has 0 bridgehead atoms. The van der Waals surface area contributed by atoms with E-state index in [1.165, 1.54) is 173 Å². The minimum atomic E-state index is -0.774. The Bertz CT molecular complexity index is 1080. The van der Waals surface area contributed by atoms with Gasteiger partial charge < -0.3 is 14.2 Å². The van der Waals surface area contributed by atoms with Crippen LogP contribution in [0.25, 0.3) is 0 Å². The molecule has 0 N–H and O–H groups in total. The largest absolute Gasteiger partial charge is 0.462 e. The third-order valence-electron chi connectivity index (χ3n) is 12.4. The molecule has 0 rings (SSSR count). The van der Waals surface area contributed by atoms with E-state index < -0.39 is 6.10 Å². The smallest absolute Gasteiger partial charge is 0.306 e. The summed E-state index contributed by atoms with van der Waals surface area (Å²) in [6.45, 7) is 6.57. The molecule has 0 spiro atoms. The maximum absolute atomic E-state index is 12.8. The lowest BCUT2D eigenvalue weighted by molar-refractivity contribution is -0.167. The van der Waals surface area contributed by atoms with Crippen molar-refractivity contribution >= 4 is 17.9 Å². The van der Waals surface area contributed by atoms with Crippen LogP contribution >= 0.6 is 0 Å². The van der Waals surface area contributed by atoms with Crippen molar-refractivity contribution < 1.29 is 28.6 Å². The lowest BCUT2D eigenvalue weighted by Gasteiger charge is -2.18. The van der Waals surface area contributed by atoms with Crippen molar-refractivity contribution in [1.29, 1.82) is 0 Å². The monoisotopic (exact) mass is 899 g/mol. The number of unbranched alkanes of at least 4 members (excludes halogenated alkanes) is 34. The van der Waals surface area contributed by atoms with Crippen LogP contribution in [0.3, 0.4) is 0 Å². The molecule has 6 nitrogen and oxygen atoms in total. The number of carbonyl (C=O) groups excluding carboxylic acids is 3. The highest BCUT2D eigenvalue weighted by Gasteiger charge is 2.19. The van der Waals surface area contributed by atoms with Crippen LogP contribution in [-0.2, 0) is 28.6 Å². The topological polar surface area (TPSA) is 78.9 Å². The fourth-order valence-corrected chi connectivity index (χ4v) is 8.10. The molecule has 0 aliphatic heterocycles. The second-order valence-corrected chi connectivity index (χ2v) is 18.8. The summed E-state index contributed by atoms with van der Waals surface area (Å²) in [6.07, 6.45) is 63.1. The molecule has 1 atom stereocenters. The molecule has 0 saturated carbocycles. The van der Waals surface area contributed by atoms with Gasteiger partial charge in [-0.3, -0.25) is 14.4 Å². The molecular formula is C58H106O6. The van der Waals surface area contributed by atoms with Gasteiger partial charge >= 0.3 is 17.9 Å². The van der Waals surface area contributed by atoms with Gasteiger partial charge in [0, 0.05) is 19.3 Å². The highest BCUT2D eigenvalue weighted by molar-refractivity contribution is 5.71. The van der Waals surface area contributed by atoms with E-state index in [1.54, 1.807) is 0 Å². The van der Waals surface area contributed by atoms with Crippen molar-refractivity contribution in [2.45, 2.75) is 303 Å². The predicted octanol–water partition coefficient (Wildman–Crippen LogP) is 18.5. The number of esters is 3. The Morgan fingerprint density at radius 1 is 0.312 bits per heavy atom. The normalized spacial score (nSPS) is 12.2. The van der Waals surface area contributed by atoms with E-state index >= 15 is 0 Å². The molecular weight excluding hydrogens is 793 g/mol. The third-order valence-corrected chi connectivity index (χ3v) is 12.4. The Morgan fingerprint density at radius 3 is 0.922 bits per heavy atom. The van der Waals surface area contributed by atoms with Crippen LogP contribution in [0, 0.1) is 0 Å². The summed E-state index contributed by atoms with van der Waals surface area (Å²) in [5.74, 6) is -0.885. The molecule has 0 fully saturated rings. The van der Waals surface area contributed by atoms with Crippen LogP contribution in [-0.4, -0.2) is 37.2 Å². The minimum absolute atomic E-state index is 0.0753. The van der Waals surface area contributed by atoms with Crippen LogP contribution in [0.4, 0.5) is 0 Å². The lowest BCUT2D eigenvalue weighted by Crippen LogP contribution is -2.30. The van der Waals surface area contributed by atoms with Gasteiger partial charge in [-0.05, 0) is 70.6 Å². The number of ether oxygens (including phenoxy) is 3. The van der Waals surface area contributed by atoms with Crippen molar-refractivity contribution in [1.82, 2.24) is 0 Å². The average molecular weight is 899 g/mol. The zero-order valence-corrected chi connectivity index (χ0v) is 42.8. The fraction of sp³-hybridized carbons (Fsp3) is 0.845. The average Bonchev–Trinajstić information content (AvgIpc) is 3.29. The molecule has 0 aromatic heterocycles. The van der Waals surface area contributed by atoms with E-state index in [9.17, 15) is 14.4 Å². The second kappa shape index (κ2) is 53.2. The molecule has 0 heterocycles. The maximum Gasteiger partial charge on any atom is 0.306 e. The molecule has 0 saturated heterocycles. The Labute approximate surface area is 397 Å². The van der Waals surface area contributed by atoms with Gasteiger partial charge in [0.1, 0.15) is 13.2 Å². The highest BCUT2D eigenvalue weighted by Crippen LogP contribution is 2.16. The van der Waals surface area contributed by atoms with Gasteiger partial charge in [-0.2, -0.15) is 0 Å². The Balaban J connectivity index is 4.11. The number of allylic oxidation sites excluding steroid dienone is 6. The summed E-state index contributed by atoms with van der Waals surface area (Å²) in [6, 6.07) is 0. The van der Waals surface area contributed by atoms with Crippen molar-refractivity contribution in [3.8, 4) is 0 Å². The summed E-state index contributed by atoms with van der Waals surface area (Å²) in [4.78, 5) is 37.8. The van der Waals surface area contributed by atoms with E-state index in [4.69, 9.17) is 14.2 Å². The van der Waals surface area contributed by atoms with Crippen molar-refractivity contribution in [3.05, 3.63) is 36.5 Å². The van der Waals surface area contributed by atoms with E-state index in [1.807, 2.05) is 0 Å². The summed E-state index contributed by atoms with van der Waals surface area (Å²) >= 11 is 0. The zero-order chi connectivity index (χ0) is 46.5. The molecule has 0 aliphatic carbocycles. The highest BCUT2D eigenvalue weighted by atomic mass is 16.6. The van der Waals surface area contributed by atoms with Gasteiger partial charge in [-0.25, -0.2) is 0 Å². The van der Waals surface area contributed by atoms with Crippen LogP contribution in [0.15, 0.2) is 36.5 Å². The first-order chi connectivity index (χ1) is 31.5. The minimum Gasteiger partial charge on any atom is -0.462 e. The molecule has 64 heavy (non-hydrogen) atoms. The second-order valence-electron chi connectivity index (χ2n) is 18.8. The molecule has 0 aromatic carbocycles. The van der Waals surface area contributed by atoms with Gasteiger partial charge in [0.2, 0.25) is 0 Å². The SMILES string of the molecule is CCCC/C=C\C/C=C\CCCCCCCC(=O)OC(COC(=O)CCCCCCCCC)COC(=O)CCCCCCCCCCCCCCC/C=C\CCCCCCCCCC. The van der Waals surface area contributed by atoms with Gasteiger partial charge in [-0.15, -0.1) is 0 Å². The summed E-state index contributed by atoms with van der Waals surface area (Å²) in [5.41, 5.74) is 0. The molecule has 0 radical (unpaired) electrons. The zero-order valence-electron chi connectivity index (χ0n) is 42.8. The summed E-state index contributed by atoms with van der Waals surface area (Å²) < 4.78 is 16.7. The van der Waals surface area contributed by atoms with E-state index in [0.29, 0.717) is 19.3 Å². The molecule has 374 valence electrons. The summed E-state index contributed by atoms with van der Waals surface area (Å²) in [5, 5.41) is 0.